The second kappa shape index (κ2) is 5.86. The van der Waals surface area contributed by atoms with Crippen molar-refractivity contribution in [3.8, 4) is 11.5 Å². The monoisotopic (exact) mass is 333 g/mol. The molecule has 1 amide bonds. The van der Waals surface area contributed by atoms with Crippen molar-refractivity contribution in [2.75, 3.05) is 5.32 Å². The first-order chi connectivity index (χ1) is 12.1. The average Bonchev–Trinajstić information content (AvgIpc) is 3.18. The summed E-state index contributed by atoms with van der Waals surface area (Å²) in [5, 5.41) is 6.67. The van der Waals surface area contributed by atoms with E-state index in [1.165, 1.54) is 0 Å². The number of aromatic amines is 1. The van der Waals surface area contributed by atoms with Crippen molar-refractivity contribution >= 4 is 22.6 Å². The second-order valence-corrected chi connectivity index (χ2v) is 5.69. The molecule has 0 bridgehead atoms. The summed E-state index contributed by atoms with van der Waals surface area (Å²) in [5.74, 6) is 0.930. The van der Waals surface area contributed by atoms with Crippen LogP contribution in [0.4, 0.5) is 5.69 Å². The first-order valence-electron chi connectivity index (χ1n) is 7.77. The Morgan fingerprint density at radius 1 is 1.20 bits per heavy atom. The molecule has 0 fully saturated rings. The van der Waals surface area contributed by atoms with E-state index in [0.29, 0.717) is 28.5 Å². The summed E-state index contributed by atoms with van der Waals surface area (Å²) in [6, 6.07) is 11.1. The molecule has 0 saturated heterocycles. The van der Waals surface area contributed by atoms with Crippen molar-refractivity contribution in [2.24, 2.45) is 0 Å². The summed E-state index contributed by atoms with van der Waals surface area (Å²) in [6.45, 7) is 3.45. The Kier molecular flexibility index (Phi) is 3.53. The number of rotatable bonds is 3. The van der Waals surface area contributed by atoms with Gasteiger partial charge in [0, 0.05) is 11.9 Å². The first-order valence-corrected chi connectivity index (χ1v) is 7.77. The molecule has 124 valence electrons. The largest absolute Gasteiger partial charge is 0.361 e. The Labute approximate surface area is 143 Å². The molecule has 1 aromatic carbocycles. The Morgan fingerprint density at radius 3 is 2.80 bits per heavy atom. The number of hydrogen-bond acceptors (Lipinski definition) is 5. The van der Waals surface area contributed by atoms with Crippen LogP contribution < -0.4 is 5.32 Å². The number of fused-ring (bicyclic) bond motifs is 1. The molecule has 0 aliphatic carbocycles. The van der Waals surface area contributed by atoms with Crippen molar-refractivity contribution in [3.63, 3.8) is 0 Å². The number of aryl methyl sites for hydroxylation is 2. The van der Waals surface area contributed by atoms with E-state index in [0.717, 1.165) is 16.7 Å². The fourth-order valence-corrected chi connectivity index (χ4v) is 2.71. The molecule has 7 heteroatoms. The Hall–Kier alpha value is -3.48. The highest BCUT2D eigenvalue weighted by molar-refractivity contribution is 6.06. The summed E-state index contributed by atoms with van der Waals surface area (Å²) >= 11 is 0. The maximum atomic E-state index is 12.4. The predicted octanol–water partition coefficient (Wildman–Crippen LogP) is 3.48. The van der Waals surface area contributed by atoms with Crippen LogP contribution in [0.3, 0.4) is 0 Å². The molecule has 0 saturated carbocycles. The number of aromatic nitrogens is 4. The quantitative estimate of drug-likeness (QED) is 0.598. The number of carbonyl (C=O) groups is 1. The molecular formula is C18H15N5O2. The molecule has 7 nitrogen and oxygen atoms in total. The lowest BCUT2D eigenvalue weighted by Gasteiger charge is -2.04. The van der Waals surface area contributed by atoms with Crippen molar-refractivity contribution in [3.05, 3.63) is 59.6 Å². The van der Waals surface area contributed by atoms with Crippen molar-refractivity contribution in [2.45, 2.75) is 13.8 Å². The summed E-state index contributed by atoms with van der Waals surface area (Å²) in [4.78, 5) is 24.5. The highest BCUT2D eigenvalue weighted by atomic mass is 16.5. The van der Waals surface area contributed by atoms with Crippen LogP contribution in [0.5, 0.6) is 0 Å². The molecule has 2 N–H and O–H groups in total. The van der Waals surface area contributed by atoms with Gasteiger partial charge in [-0.15, -0.1) is 0 Å². The molecule has 4 rings (SSSR count). The van der Waals surface area contributed by atoms with Crippen LogP contribution in [0, 0.1) is 13.8 Å². The number of H-pyrrole nitrogens is 1. The maximum Gasteiger partial charge on any atom is 0.261 e. The van der Waals surface area contributed by atoms with E-state index in [1.807, 2.05) is 30.3 Å². The molecule has 3 aromatic heterocycles. The summed E-state index contributed by atoms with van der Waals surface area (Å²) in [5.41, 5.74) is 4.07. The maximum absolute atomic E-state index is 12.4. The zero-order chi connectivity index (χ0) is 17.4. The van der Waals surface area contributed by atoms with Gasteiger partial charge in [0.25, 0.3) is 5.91 Å². The zero-order valence-corrected chi connectivity index (χ0v) is 13.7. The molecule has 0 atom stereocenters. The molecule has 0 aliphatic rings. The minimum atomic E-state index is -0.250. The van der Waals surface area contributed by atoms with Gasteiger partial charge in [0.2, 0.25) is 0 Å². The number of carbonyl (C=O) groups excluding carboxylic acids is 1. The van der Waals surface area contributed by atoms with Gasteiger partial charge in [-0.1, -0.05) is 11.2 Å². The van der Waals surface area contributed by atoms with Crippen LogP contribution in [0.15, 0.2) is 47.1 Å². The minimum absolute atomic E-state index is 0.250. The smallest absolute Gasteiger partial charge is 0.261 e. The Morgan fingerprint density at radius 2 is 2.08 bits per heavy atom. The van der Waals surface area contributed by atoms with E-state index >= 15 is 0 Å². The molecule has 0 radical (unpaired) electrons. The molecule has 25 heavy (non-hydrogen) atoms. The lowest BCUT2D eigenvalue weighted by molar-refractivity contribution is 0.102. The van der Waals surface area contributed by atoms with Crippen molar-refractivity contribution in [1.29, 1.82) is 0 Å². The standard InChI is InChI=1S/C18H15N5O2/c1-10-16(11(2)25-23-10)18(24)20-12-6-7-13-15(9-12)22-17(21-13)14-5-3-4-8-19-14/h3-9H,1-2H3,(H,20,24)(H,21,22). The van der Waals surface area contributed by atoms with Gasteiger partial charge in [0.1, 0.15) is 17.0 Å². The third-order valence-corrected chi connectivity index (χ3v) is 3.91. The molecule has 4 aromatic rings. The number of hydrogen-bond donors (Lipinski definition) is 2. The van der Waals surface area contributed by atoms with E-state index < -0.39 is 0 Å². The average molecular weight is 333 g/mol. The number of nitrogens with zero attached hydrogens (tertiary/aromatic N) is 3. The third kappa shape index (κ3) is 2.76. The fourth-order valence-electron chi connectivity index (χ4n) is 2.71. The van der Waals surface area contributed by atoms with E-state index in [-0.39, 0.29) is 5.91 Å². The summed E-state index contributed by atoms with van der Waals surface area (Å²) < 4.78 is 5.04. The van der Waals surface area contributed by atoms with Gasteiger partial charge in [0.15, 0.2) is 5.82 Å². The van der Waals surface area contributed by atoms with Crippen LogP contribution in [0.1, 0.15) is 21.8 Å². The van der Waals surface area contributed by atoms with Gasteiger partial charge in [-0.25, -0.2) is 4.98 Å². The second-order valence-electron chi connectivity index (χ2n) is 5.69. The lowest BCUT2D eigenvalue weighted by Crippen LogP contribution is -2.13. The highest BCUT2D eigenvalue weighted by Crippen LogP contribution is 2.22. The SMILES string of the molecule is Cc1noc(C)c1C(=O)Nc1ccc2nc(-c3ccccn3)[nH]c2c1. The van der Waals surface area contributed by atoms with Gasteiger partial charge < -0.3 is 14.8 Å². The van der Waals surface area contributed by atoms with Crippen LogP contribution >= 0.6 is 0 Å². The number of pyridine rings is 1. The van der Waals surface area contributed by atoms with Crippen LogP contribution in [0.2, 0.25) is 0 Å². The summed E-state index contributed by atoms with van der Waals surface area (Å²) in [6.07, 6.45) is 1.72. The van der Waals surface area contributed by atoms with Gasteiger partial charge in [-0.05, 0) is 44.2 Å². The van der Waals surface area contributed by atoms with Gasteiger partial charge in [0.05, 0.1) is 16.7 Å². The minimum Gasteiger partial charge on any atom is -0.361 e. The lowest BCUT2D eigenvalue weighted by atomic mass is 10.2. The molecule has 3 heterocycles. The zero-order valence-electron chi connectivity index (χ0n) is 13.7. The topological polar surface area (TPSA) is 96.7 Å². The fraction of sp³-hybridized carbons (Fsp3) is 0.111. The molecule has 0 spiro atoms. The van der Waals surface area contributed by atoms with Gasteiger partial charge in [-0.2, -0.15) is 0 Å². The number of amides is 1. The highest BCUT2D eigenvalue weighted by Gasteiger charge is 2.17. The molecular weight excluding hydrogens is 318 g/mol. The molecule has 0 aliphatic heterocycles. The van der Waals surface area contributed by atoms with Crippen molar-refractivity contribution < 1.29 is 9.32 Å². The number of nitrogens with one attached hydrogen (secondary N) is 2. The van der Waals surface area contributed by atoms with Gasteiger partial charge in [-0.3, -0.25) is 9.78 Å². The Balaban J connectivity index is 1.64. The van der Waals surface area contributed by atoms with E-state index in [2.05, 4.69) is 25.4 Å². The van der Waals surface area contributed by atoms with E-state index in [1.54, 1.807) is 26.1 Å². The summed E-state index contributed by atoms with van der Waals surface area (Å²) in [7, 11) is 0. The Bertz CT molecular complexity index is 1050. The molecule has 0 unspecified atom stereocenters. The number of imidazole rings is 1. The van der Waals surface area contributed by atoms with E-state index in [4.69, 9.17) is 4.52 Å². The first kappa shape index (κ1) is 15.1. The van der Waals surface area contributed by atoms with Gasteiger partial charge >= 0.3 is 0 Å². The van der Waals surface area contributed by atoms with E-state index in [9.17, 15) is 4.79 Å². The normalized spacial score (nSPS) is 11.0. The van der Waals surface area contributed by atoms with Crippen molar-refractivity contribution in [1.82, 2.24) is 20.1 Å². The predicted molar refractivity (Wildman–Crippen MR) is 93.3 cm³/mol. The van der Waals surface area contributed by atoms with Crippen LogP contribution in [0.25, 0.3) is 22.6 Å². The van der Waals surface area contributed by atoms with Crippen LogP contribution in [-0.2, 0) is 0 Å². The number of anilines is 1. The van der Waals surface area contributed by atoms with Crippen LogP contribution in [-0.4, -0.2) is 26.0 Å². The third-order valence-electron chi connectivity index (χ3n) is 3.91. The number of benzene rings is 1.